The molecule has 1 N–H and O–H groups in total. The minimum absolute atomic E-state index is 0. The Morgan fingerprint density at radius 2 is 1.73 bits per heavy atom. The summed E-state index contributed by atoms with van der Waals surface area (Å²) >= 11 is 0. The van der Waals surface area contributed by atoms with Gasteiger partial charge in [0.2, 0.25) is 0 Å². The molecule has 0 aromatic rings. The molecule has 0 saturated carbocycles. The Labute approximate surface area is 76.0 Å². The fraction of sp³-hybridized carbons (Fsp3) is 0.556. The fourth-order valence-electron chi connectivity index (χ4n) is 0.954. The first-order valence-electron chi connectivity index (χ1n) is 3.80. The Kier molecular flexibility index (Phi) is 11.8. The molecule has 0 aliphatic carbocycles. The molecule has 1 nitrogen and oxygen atoms in total. The Balaban J connectivity index is 0. The molecule has 0 aromatic heterocycles. The molecule has 0 bridgehead atoms. The van der Waals surface area contributed by atoms with Gasteiger partial charge in [-0.05, 0) is 19.4 Å². The summed E-state index contributed by atoms with van der Waals surface area (Å²) < 4.78 is 0. The quantitative estimate of drug-likeness (QED) is 0.612. The zero-order valence-electron chi connectivity index (χ0n) is 7.18. The van der Waals surface area contributed by atoms with E-state index in [0.29, 0.717) is 6.04 Å². The second kappa shape index (κ2) is 9.73. The van der Waals surface area contributed by atoms with Crippen molar-refractivity contribution in [1.82, 2.24) is 5.32 Å². The Bertz CT molecular complexity index is 91.7. The maximum Gasteiger partial charge on any atom is 0.0136 e. The van der Waals surface area contributed by atoms with Crippen molar-refractivity contribution in [2.45, 2.75) is 25.8 Å². The first kappa shape index (κ1) is 13.3. The van der Waals surface area contributed by atoms with Crippen molar-refractivity contribution >= 4 is 12.4 Å². The van der Waals surface area contributed by atoms with Crippen LogP contribution in [0.5, 0.6) is 0 Å². The van der Waals surface area contributed by atoms with Crippen molar-refractivity contribution in [3.63, 3.8) is 0 Å². The third-order valence-electron chi connectivity index (χ3n) is 1.40. The second-order valence-electron chi connectivity index (χ2n) is 2.30. The zero-order valence-corrected chi connectivity index (χ0v) is 7.99. The third kappa shape index (κ3) is 7.63. The van der Waals surface area contributed by atoms with Crippen LogP contribution in [0.15, 0.2) is 25.3 Å². The fourth-order valence-corrected chi connectivity index (χ4v) is 0.954. The number of hydrogen-bond donors (Lipinski definition) is 1. The predicted octanol–water partition coefficient (Wildman–Crippen LogP) is 2.54. The van der Waals surface area contributed by atoms with Gasteiger partial charge in [-0.15, -0.1) is 25.6 Å². The van der Waals surface area contributed by atoms with E-state index in [4.69, 9.17) is 0 Å². The van der Waals surface area contributed by atoms with Crippen LogP contribution in [0, 0.1) is 0 Å². The lowest BCUT2D eigenvalue weighted by Gasteiger charge is -2.12. The highest BCUT2D eigenvalue weighted by molar-refractivity contribution is 5.85. The summed E-state index contributed by atoms with van der Waals surface area (Å²) in [5.41, 5.74) is 0. The molecule has 0 rings (SSSR count). The van der Waals surface area contributed by atoms with E-state index in [1.807, 2.05) is 12.2 Å². The normalized spacial score (nSPS) is 8.91. The molecular formula is C9H18ClN. The molecule has 11 heavy (non-hydrogen) atoms. The predicted molar refractivity (Wildman–Crippen MR) is 54.3 cm³/mol. The summed E-state index contributed by atoms with van der Waals surface area (Å²) in [6.07, 6.45) is 5.94. The van der Waals surface area contributed by atoms with Crippen LogP contribution in [-0.4, -0.2) is 12.6 Å². The average molecular weight is 176 g/mol. The molecule has 0 aliphatic heterocycles. The van der Waals surface area contributed by atoms with Crippen molar-refractivity contribution in [3.05, 3.63) is 25.3 Å². The molecular weight excluding hydrogens is 158 g/mol. The standard InChI is InChI=1S/C9H17N.ClH/c1-4-7-9(8-5-2)10-6-3;/h4-5,9-10H,1-2,6-8H2,3H3;1H. The lowest BCUT2D eigenvalue weighted by Crippen LogP contribution is -2.27. The van der Waals surface area contributed by atoms with Crippen LogP contribution in [0.2, 0.25) is 0 Å². The van der Waals surface area contributed by atoms with Crippen LogP contribution in [0.25, 0.3) is 0 Å². The number of nitrogens with one attached hydrogen (secondary N) is 1. The minimum Gasteiger partial charge on any atom is -0.314 e. The molecule has 0 aliphatic rings. The maximum atomic E-state index is 3.69. The van der Waals surface area contributed by atoms with Crippen LogP contribution in [-0.2, 0) is 0 Å². The largest absolute Gasteiger partial charge is 0.314 e. The van der Waals surface area contributed by atoms with E-state index in [2.05, 4.69) is 25.4 Å². The molecule has 0 spiro atoms. The summed E-state index contributed by atoms with van der Waals surface area (Å²) in [6, 6.07) is 0.542. The van der Waals surface area contributed by atoms with Crippen LogP contribution in [0.1, 0.15) is 19.8 Å². The van der Waals surface area contributed by atoms with Gasteiger partial charge in [0.05, 0.1) is 0 Å². The number of halogens is 1. The Morgan fingerprint density at radius 1 is 1.27 bits per heavy atom. The van der Waals surface area contributed by atoms with Gasteiger partial charge in [0.1, 0.15) is 0 Å². The highest BCUT2D eigenvalue weighted by Gasteiger charge is 1.99. The first-order chi connectivity index (χ1) is 4.85. The average Bonchev–Trinajstić information content (AvgIpc) is 1.90. The minimum atomic E-state index is 0. The van der Waals surface area contributed by atoms with Gasteiger partial charge in [-0.1, -0.05) is 19.1 Å². The van der Waals surface area contributed by atoms with Gasteiger partial charge in [-0.25, -0.2) is 0 Å². The lowest BCUT2D eigenvalue weighted by atomic mass is 10.1. The van der Waals surface area contributed by atoms with E-state index in [-0.39, 0.29) is 12.4 Å². The van der Waals surface area contributed by atoms with Crippen LogP contribution >= 0.6 is 12.4 Å². The molecule has 0 radical (unpaired) electrons. The van der Waals surface area contributed by atoms with Gasteiger partial charge in [0.15, 0.2) is 0 Å². The van der Waals surface area contributed by atoms with E-state index in [0.717, 1.165) is 19.4 Å². The van der Waals surface area contributed by atoms with Gasteiger partial charge >= 0.3 is 0 Å². The summed E-state index contributed by atoms with van der Waals surface area (Å²) in [6.45, 7) is 10.5. The summed E-state index contributed by atoms with van der Waals surface area (Å²) in [7, 11) is 0. The summed E-state index contributed by atoms with van der Waals surface area (Å²) in [5.74, 6) is 0. The lowest BCUT2D eigenvalue weighted by molar-refractivity contribution is 0.538. The van der Waals surface area contributed by atoms with Gasteiger partial charge in [0.25, 0.3) is 0 Å². The van der Waals surface area contributed by atoms with E-state index in [1.165, 1.54) is 0 Å². The van der Waals surface area contributed by atoms with Crippen molar-refractivity contribution < 1.29 is 0 Å². The van der Waals surface area contributed by atoms with E-state index >= 15 is 0 Å². The van der Waals surface area contributed by atoms with Crippen LogP contribution < -0.4 is 5.32 Å². The molecule has 0 fully saturated rings. The van der Waals surface area contributed by atoms with E-state index in [1.54, 1.807) is 0 Å². The summed E-state index contributed by atoms with van der Waals surface area (Å²) in [4.78, 5) is 0. The number of rotatable bonds is 6. The Morgan fingerprint density at radius 3 is 2.00 bits per heavy atom. The second-order valence-corrected chi connectivity index (χ2v) is 2.30. The molecule has 0 saturated heterocycles. The van der Waals surface area contributed by atoms with Crippen LogP contribution in [0.3, 0.4) is 0 Å². The highest BCUT2D eigenvalue weighted by Crippen LogP contribution is 1.98. The SMILES string of the molecule is C=CCC(CC=C)NCC.Cl. The first-order valence-corrected chi connectivity index (χ1v) is 3.80. The van der Waals surface area contributed by atoms with Crippen LogP contribution in [0.4, 0.5) is 0 Å². The maximum absolute atomic E-state index is 3.69. The van der Waals surface area contributed by atoms with Gasteiger partial charge < -0.3 is 5.32 Å². The molecule has 0 heterocycles. The van der Waals surface area contributed by atoms with Crippen molar-refractivity contribution in [2.24, 2.45) is 0 Å². The molecule has 2 heteroatoms. The van der Waals surface area contributed by atoms with E-state index < -0.39 is 0 Å². The molecule has 0 aromatic carbocycles. The highest BCUT2D eigenvalue weighted by atomic mass is 35.5. The number of hydrogen-bond acceptors (Lipinski definition) is 1. The van der Waals surface area contributed by atoms with Crippen molar-refractivity contribution in [1.29, 1.82) is 0 Å². The van der Waals surface area contributed by atoms with Gasteiger partial charge in [-0.2, -0.15) is 0 Å². The molecule has 0 atom stereocenters. The molecule has 0 unspecified atom stereocenters. The smallest absolute Gasteiger partial charge is 0.0136 e. The topological polar surface area (TPSA) is 12.0 Å². The third-order valence-corrected chi connectivity index (χ3v) is 1.40. The van der Waals surface area contributed by atoms with Gasteiger partial charge in [0, 0.05) is 6.04 Å². The summed E-state index contributed by atoms with van der Waals surface area (Å²) in [5, 5.41) is 3.34. The monoisotopic (exact) mass is 175 g/mol. The van der Waals surface area contributed by atoms with Crippen molar-refractivity contribution in [3.8, 4) is 0 Å². The van der Waals surface area contributed by atoms with E-state index in [9.17, 15) is 0 Å². The van der Waals surface area contributed by atoms with Gasteiger partial charge in [-0.3, -0.25) is 0 Å². The zero-order chi connectivity index (χ0) is 7.82. The van der Waals surface area contributed by atoms with Crippen molar-refractivity contribution in [2.75, 3.05) is 6.54 Å². The Hall–Kier alpha value is -0.270. The molecule has 0 amide bonds. The molecule has 66 valence electrons.